The van der Waals surface area contributed by atoms with Crippen molar-refractivity contribution in [3.05, 3.63) is 94.0 Å². The number of ether oxygens (including phenoxy) is 1. The van der Waals surface area contributed by atoms with Gasteiger partial charge in [-0.05, 0) is 66.6 Å². The maximum atomic E-state index is 13.2. The van der Waals surface area contributed by atoms with Gasteiger partial charge in [-0.25, -0.2) is 0 Å². The van der Waals surface area contributed by atoms with E-state index in [9.17, 15) is 19.8 Å². The molecule has 166 valence electrons. The molecule has 0 aromatic heterocycles. The molecule has 3 aromatic rings. The van der Waals surface area contributed by atoms with Crippen LogP contribution in [0, 0.1) is 0 Å². The van der Waals surface area contributed by atoms with Gasteiger partial charge in [0.25, 0.3) is 11.7 Å². The van der Waals surface area contributed by atoms with Gasteiger partial charge in [-0.3, -0.25) is 14.5 Å². The van der Waals surface area contributed by atoms with E-state index in [1.807, 2.05) is 6.92 Å². The van der Waals surface area contributed by atoms with Crippen molar-refractivity contribution in [1.29, 1.82) is 0 Å². The predicted octanol–water partition coefficient (Wildman–Crippen LogP) is 5.00. The maximum Gasteiger partial charge on any atom is 0.300 e. The van der Waals surface area contributed by atoms with Crippen molar-refractivity contribution in [2.45, 2.75) is 25.5 Å². The number of hydrogen-bond donors (Lipinski definition) is 2. The highest BCUT2D eigenvalue weighted by Gasteiger charge is 2.47. The van der Waals surface area contributed by atoms with Crippen molar-refractivity contribution >= 4 is 34.7 Å². The Morgan fingerprint density at radius 1 is 1.06 bits per heavy atom. The fourth-order valence-corrected chi connectivity index (χ4v) is 4.64. The van der Waals surface area contributed by atoms with Gasteiger partial charge in [0.15, 0.2) is 0 Å². The third-order valence-corrected chi connectivity index (χ3v) is 6.12. The van der Waals surface area contributed by atoms with E-state index in [1.54, 1.807) is 54.6 Å². The van der Waals surface area contributed by atoms with Crippen LogP contribution in [0.4, 0.5) is 5.69 Å². The van der Waals surface area contributed by atoms with Crippen LogP contribution in [0.15, 0.2) is 72.3 Å². The molecule has 7 heteroatoms. The zero-order chi connectivity index (χ0) is 23.3. The lowest BCUT2D eigenvalue weighted by molar-refractivity contribution is -0.132. The molecule has 1 fully saturated rings. The van der Waals surface area contributed by atoms with E-state index in [0.717, 1.165) is 11.3 Å². The minimum Gasteiger partial charge on any atom is -0.508 e. The van der Waals surface area contributed by atoms with Gasteiger partial charge in [-0.15, -0.1) is 0 Å². The van der Waals surface area contributed by atoms with Gasteiger partial charge in [0.1, 0.15) is 23.4 Å². The second kappa shape index (κ2) is 7.98. The maximum absolute atomic E-state index is 13.2. The first-order valence-electron chi connectivity index (χ1n) is 10.5. The minimum absolute atomic E-state index is 0.0205. The number of Topliss-reactive ketones (excluding diaryl/α,β-unsaturated/α-hetero) is 1. The highest BCUT2D eigenvalue weighted by atomic mass is 35.5. The van der Waals surface area contributed by atoms with E-state index in [2.05, 4.69) is 0 Å². The molecule has 5 rings (SSSR count). The lowest BCUT2D eigenvalue weighted by atomic mass is 9.94. The molecular formula is C26H20ClNO5. The topological polar surface area (TPSA) is 87.1 Å². The van der Waals surface area contributed by atoms with Gasteiger partial charge in [-0.1, -0.05) is 29.8 Å². The number of aliphatic hydroxyl groups is 1. The van der Waals surface area contributed by atoms with Crippen molar-refractivity contribution in [3.8, 4) is 11.5 Å². The summed E-state index contributed by atoms with van der Waals surface area (Å²) in [5.41, 5.74) is 2.17. The summed E-state index contributed by atoms with van der Waals surface area (Å²) in [5, 5.41) is 21.8. The Morgan fingerprint density at radius 3 is 2.61 bits per heavy atom. The average Bonchev–Trinajstić information content (AvgIpc) is 3.29. The van der Waals surface area contributed by atoms with Gasteiger partial charge in [-0.2, -0.15) is 0 Å². The normalized spacial score (nSPS) is 21.2. The van der Waals surface area contributed by atoms with Crippen molar-refractivity contribution in [2.24, 2.45) is 0 Å². The number of halogens is 1. The number of rotatable bonds is 3. The number of aliphatic hydroxyl groups excluding tert-OH is 1. The minimum atomic E-state index is -0.945. The second-order valence-corrected chi connectivity index (χ2v) is 8.64. The number of nitrogens with zero attached hydrogens (tertiary/aromatic N) is 1. The molecule has 3 aromatic carbocycles. The van der Waals surface area contributed by atoms with E-state index in [-0.39, 0.29) is 23.2 Å². The Bertz CT molecular complexity index is 1330. The van der Waals surface area contributed by atoms with Gasteiger partial charge in [0.2, 0.25) is 0 Å². The molecule has 2 N–H and O–H groups in total. The molecule has 2 atom stereocenters. The molecule has 2 aliphatic heterocycles. The molecule has 0 spiro atoms. The van der Waals surface area contributed by atoms with E-state index < -0.39 is 17.7 Å². The Balaban J connectivity index is 1.70. The lowest BCUT2D eigenvalue weighted by Gasteiger charge is -2.25. The van der Waals surface area contributed by atoms with Crippen molar-refractivity contribution in [2.75, 3.05) is 4.90 Å². The smallest absolute Gasteiger partial charge is 0.300 e. The summed E-state index contributed by atoms with van der Waals surface area (Å²) in [6, 6.07) is 17.1. The average molecular weight is 462 g/mol. The highest BCUT2D eigenvalue weighted by Crippen LogP contribution is 2.43. The molecule has 0 saturated carbocycles. The van der Waals surface area contributed by atoms with Crippen molar-refractivity contribution in [3.63, 3.8) is 0 Å². The van der Waals surface area contributed by atoms with Gasteiger partial charge in [0.05, 0.1) is 11.6 Å². The number of benzene rings is 3. The third-order valence-electron chi connectivity index (χ3n) is 5.89. The fraction of sp³-hybridized carbons (Fsp3) is 0.154. The first kappa shape index (κ1) is 21.1. The number of carbonyl (C=O) groups is 2. The van der Waals surface area contributed by atoms with Crippen LogP contribution >= 0.6 is 11.6 Å². The van der Waals surface area contributed by atoms with E-state index in [0.29, 0.717) is 28.3 Å². The Kier molecular flexibility index (Phi) is 5.10. The molecule has 0 bridgehead atoms. The predicted molar refractivity (Wildman–Crippen MR) is 125 cm³/mol. The number of phenolic OH excluding ortho intramolecular Hbond substituents is 1. The zero-order valence-corrected chi connectivity index (χ0v) is 18.4. The summed E-state index contributed by atoms with van der Waals surface area (Å²) in [6.07, 6.45) is 0.710. The molecular weight excluding hydrogens is 442 g/mol. The number of aromatic hydroxyl groups is 1. The molecule has 2 heterocycles. The van der Waals surface area contributed by atoms with Crippen LogP contribution in [-0.4, -0.2) is 28.0 Å². The fourth-order valence-electron chi connectivity index (χ4n) is 4.46. The van der Waals surface area contributed by atoms with Crippen LogP contribution in [-0.2, 0) is 16.0 Å². The first-order chi connectivity index (χ1) is 15.8. The molecule has 2 aliphatic rings. The summed E-state index contributed by atoms with van der Waals surface area (Å²) >= 11 is 6.15. The zero-order valence-electron chi connectivity index (χ0n) is 17.7. The Labute approximate surface area is 195 Å². The molecule has 1 saturated heterocycles. The van der Waals surface area contributed by atoms with Crippen LogP contribution in [0.25, 0.3) is 5.76 Å². The number of carbonyl (C=O) groups excluding carboxylic acids is 2. The molecule has 33 heavy (non-hydrogen) atoms. The molecule has 6 nitrogen and oxygen atoms in total. The summed E-state index contributed by atoms with van der Waals surface area (Å²) in [4.78, 5) is 27.7. The third kappa shape index (κ3) is 3.62. The largest absolute Gasteiger partial charge is 0.508 e. The molecule has 1 amide bonds. The van der Waals surface area contributed by atoms with E-state index in [1.165, 1.54) is 17.0 Å². The number of ketones is 1. The quantitative estimate of drug-likeness (QED) is 0.326. The summed E-state index contributed by atoms with van der Waals surface area (Å²) in [5.74, 6) is -1.17. The number of phenols is 1. The monoisotopic (exact) mass is 461 g/mol. The number of fused-ring (bicyclic) bond motifs is 1. The van der Waals surface area contributed by atoms with Crippen LogP contribution in [0.2, 0.25) is 5.02 Å². The first-order valence-corrected chi connectivity index (χ1v) is 10.9. The van der Waals surface area contributed by atoms with Crippen molar-refractivity contribution in [1.82, 2.24) is 0 Å². The van der Waals surface area contributed by atoms with Gasteiger partial charge >= 0.3 is 0 Å². The van der Waals surface area contributed by atoms with Crippen LogP contribution in [0.3, 0.4) is 0 Å². The summed E-state index contributed by atoms with van der Waals surface area (Å²) < 4.78 is 5.73. The molecule has 0 radical (unpaired) electrons. The number of amides is 1. The summed E-state index contributed by atoms with van der Waals surface area (Å²) in [7, 11) is 0. The van der Waals surface area contributed by atoms with Gasteiger partial charge in [0, 0.05) is 22.7 Å². The Morgan fingerprint density at radius 2 is 1.85 bits per heavy atom. The summed E-state index contributed by atoms with van der Waals surface area (Å²) in [6.45, 7) is 1.96. The number of anilines is 1. The van der Waals surface area contributed by atoms with Crippen LogP contribution in [0.1, 0.15) is 29.7 Å². The SMILES string of the molecule is CC1Cc2cc(/C(O)=C3/C(=O)C(=O)N(c4cccc(Cl)c4)C3c3cccc(O)c3)ccc2O1. The second-order valence-electron chi connectivity index (χ2n) is 8.20. The standard InChI is InChI=1S/C26H20ClNO5/c1-14-10-17-11-16(8-9-21(17)33-14)24(30)22-23(15-4-2-7-20(29)12-15)28(26(32)25(22)31)19-6-3-5-18(27)13-19/h2-9,11-14,23,29-30H,10H2,1H3/b24-22-. The molecule has 2 unspecified atom stereocenters. The van der Waals surface area contributed by atoms with Gasteiger partial charge < -0.3 is 14.9 Å². The van der Waals surface area contributed by atoms with Crippen molar-refractivity contribution < 1.29 is 24.5 Å². The molecule has 0 aliphatic carbocycles. The van der Waals surface area contributed by atoms with Crippen LogP contribution < -0.4 is 9.64 Å². The Hall–Kier alpha value is -3.77. The van der Waals surface area contributed by atoms with Crippen LogP contribution in [0.5, 0.6) is 11.5 Å². The van der Waals surface area contributed by atoms with E-state index >= 15 is 0 Å². The van der Waals surface area contributed by atoms with E-state index in [4.69, 9.17) is 16.3 Å². The highest BCUT2D eigenvalue weighted by molar-refractivity contribution is 6.51. The number of hydrogen-bond acceptors (Lipinski definition) is 5. The lowest BCUT2D eigenvalue weighted by Crippen LogP contribution is -2.29.